The van der Waals surface area contributed by atoms with Gasteiger partial charge in [0.15, 0.2) is 5.76 Å². The van der Waals surface area contributed by atoms with Crippen LogP contribution in [-0.2, 0) is 0 Å². The summed E-state index contributed by atoms with van der Waals surface area (Å²) in [5.74, 6) is 0.633. The number of piperidine rings is 1. The summed E-state index contributed by atoms with van der Waals surface area (Å²) in [7, 11) is 0. The summed E-state index contributed by atoms with van der Waals surface area (Å²) >= 11 is 5.93. The number of hydrazine groups is 1. The molecule has 0 bridgehead atoms. The van der Waals surface area contributed by atoms with Crippen LogP contribution in [0.4, 0.5) is 0 Å². The summed E-state index contributed by atoms with van der Waals surface area (Å²) in [6, 6.07) is 7.00. The molecule has 3 rings (SSSR count). The molecule has 1 aliphatic heterocycles. The number of benzene rings is 1. The van der Waals surface area contributed by atoms with Gasteiger partial charge >= 0.3 is 5.91 Å². The molecule has 6 heteroatoms. The summed E-state index contributed by atoms with van der Waals surface area (Å²) < 4.78 is 5.55. The van der Waals surface area contributed by atoms with Crippen molar-refractivity contribution >= 4 is 28.5 Å². The van der Waals surface area contributed by atoms with Crippen molar-refractivity contribution in [2.45, 2.75) is 12.8 Å². The standard InChI is InChI=1S/C15H18ClN3O2/c16-12-1-2-13-11(7-12)8-14(21-13)15(20)18-19-5-3-10(9-17)4-6-19/h1-2,7-8,10H,3-6,9,17H2,(H,18,20). The van der Waals surface area contributed by atoms with Gasteiger partial charge in [0.1, 0.15) is 5.58 Å². The molecule has 1 aromatic carbocycles. The average molecular weight is 308 g/mol. The van der Waals surface area contributed by atoms with Crippen LogP contribution in [0, 0.1) is 5.92 Å². The second kappa shape index (κ2) is 6.05. The molecule has 1 aliphatic rings. The van der Waals surface area contributed by atoms with Crippen molar-refractivity contribution in [1.29, 1.82) is 0 Å². The molecule has 0 aliphatic carbocycles. The van der Waals surface area contributed by atoms with Gasteiger partial charge in [0.05, 0.1) is 0 Å². The lowest BCUT2D eigenvalue weighted by Crippen LogP contribution is -2.47. The van der Waals surface area contributed by atoms with E-state index in [0.29, 0.717) is 28.8 Å². The molecular formula is C15H18ClN3O2. The number of hydrogen-bond acceptors (Lipinski definition) is 4. The van der Waals surface area contributed by atoms with E-state index in [4.69, 9.17) is 21.8 Å². The third kappa shape index (κ3) is 3.20. The molecule has 0 radical (unpaired) electrons. The molecule has 0 saturated carbocycles. The van der Waals surface area contributed by atoms with Gasteiger partial charge < -0.3 is 10.2 Å². The highest BCUT2D eigenvalue weighted by Gasteiger charge is 2.21. The number of nitrogens with one attached hydrogen (secondary N) is 1. The molecule has 2 heterocycles. The summed E-state index contributed by atoms with van der Waals surface area (Å²) in [5, 5.41) is 3.38. The van der Waals surface area contributed by atoms with Crippen molar-refractivity contribution in [3.8, 4) is 0 Å². The average Bonchev–Trinajstić information content (AvgIpc) is 2.91. The summed E-state index contributed by atoms with van der Waals surface area (Å²) in [6.45, 7) is 2.35. The largest absolute Gasteiger partial charge is 0.451 e. The maximum Gasteiger partial charge on any atom is 0.301 e. The van der Waals surface area contributed by atoms with Crippen molar-refractivity contribution in [3.63, 3.8) is 0 Å². The molecule has 2 aromatic rings. The van der Waals surface area contributed by atoms with Crippen molar-refractivity contribution in [2.75, 3.05) is 19.6 Å². The number of nitrogens with two attached hydrogens (primary N) is 1. The smallest absolute Gasteiger partial charge is 0.301 e. The fraction of sp³-hybridized carbons (Fsp3) is 0.400. The Morgan fingerprint density at radius 2 is 2.14 bits per heavy atom. The summed E-state index contributed by atoms with van der Waals surface area (Å²) in [5.41, 5.74) is 9.21. The maximum absolute atomic E-state index is 12.2. The van der Waals surface area contributed by atoms with Gasteiger partial charge in [0.2, 0.25) is 0 Å². The van der Waals surface area contributed by atoms with E-state index < -0.39 is 0 Å². The highest BCUT2D eigenvalue weighted by Crippen LogP contribution is 2.23. The topological polar surface area (TPSA) is 71.5 Å². The van der Waals surface area contributed by atoms with Gasteiger partial charge in [0.25, 0.3) is 0 Å². The molecular weight excluding hydrogens is 290 g/mol. The van der Waals surface area contributed by atoms with Crippen molar-refractivity contribution in [2.24, 2.45) is 11.7 Å². The van der Waals surface area contributed by atoms with E-state index in [0.717, 1.165) is 31.3 Å². The van der Waals surface area contributed by atoms with E-state index in [1.165, 1.54) is 0 Å². The fourth-order valence-corrected chi connectivity index (χ4v) is 2.79. The quantitative estimate of drug-likeness (QED) is 0.913. The number of rotatable bonds is 3. The third-order valence-corrected chi connectivity index (χ3v) is 4.14. The van der Waals surface area contributed by atoms with Gasteiger partial charge in [-0.1, -0.05) is 11.6 Å². The van der Waals surface area contributed by atoms with E-state index in [2.05, 4.69) is 5.43 Å². The molecule has 112 valence electrons. The SMILES string of the molecule is NCC1CCN(NC(=O)c2cc3cc(Cl)ccc3o2)CC1. The van der Waals surface area contributed by atoms with Crippen LogP contribution in [0.25, 0.3) is 11.0 Å². The Labute approximate surface area is 128 Å². The Morgan fingerprint density at radius 1 is 1.38 bits per heavy atom. The second-order valence-corrected chi connectivity index (χ2v) is 5.84. The Balaban J connectivity index is 1.67. The molecule has 3 N–H and O–H groups in total. The van der Waals surface area contributed by atoms with Crippen molar-refractivity contribution in [3.05, 3.63) is 35.0 Å². The van der Waals surface area contributed by atoms with Crippen LogP contribution in [0.5, 0.6) is 0 Å². The fourth-order valence-electron chi connectivity index (χ4n) is 2.61. The van der Waals surface area contributed by atoms with Crippen LogP contribution in [0.3, 0.4) is 0 Å². The molecule has 0 atom stereocenters. The molecule has 0 spiro atoms. The molecule has 1 amide bonds. The predicted octanol–water partition coefficient (Wildman–Crippen LogP) is 2.40. The van der Waals surface area contributed by atoms with Crippen LogP contribution in [0.2, 0.25) is 5.02 Å². The lowest BCUT2D eigenvalue weighted by molar-refractivity contribution is 0.0681. The summed E-state index contributed by atoms with van der Waals surface area (Å²) in [6.07, 6.45) is 2.01. The van der Waals surface area contributed by atoms with Crippen molar-refractivity contribution < 1.29 is 9.21 Å². The zero-order chi connectivity index (χ0) is 14.8. The lowest BCUT2D eigenvalue weighted by atomic mass is 9.98. The number of fused-ring (bicyclic) bond motifs is 1. The number of carbonyl (C=O) groups excluding carboxylic acids is 1. The molecule has 1 saturated heterocycles. The number of carbonyl (C=O) groups is 1. The first kappa shape index (κ1) is 14.4. The molecule has 21 heavy (non-hydrogen) atoms. The second-order valence-electron chi connectivity index (χ2n) is 5.40. The van der Waals surface area contributed by atoms with Gasteiger partial charge in [0, 0.05) is 23.5 Å². The van der Waals surface area contributed by atoms with E-state index in [-0.39, 0.29) is 5.91 Å². The Bertz CT molecular complexity index is 647. The highest BCUT2D eigenvalue weighted by atomic mass is 35.5. The minimum Gasteiger partial charge on any atom is -0.451 e. The minimum absolute atomic E-state index is 0.228. The normalized spacial score (nSPS) is 17.2. The first-order chi connectivity index (χ1) is 10.2. The van der Waals surface area contributed by atoms with Crippen LogP contribution in [-0.4, -0.2) is 30.6 Å². The van der Waals surface area contributed by atoms with E-state index in [1.54, 1.807) is 24.3 Å². The van der Waals surface area contributed by atoms with Crippen LogP contribution in [0.1, 0.15) is 23.4 Å². The number of halogens is 1. The highest BCUT2D eigenvalue weighted by molar-refractivity contribution is 6.31. The van der Waals surface area contributed by atoms with Crippen LogP contribution >= 0.6 is 11.6 Å². The Hall–Kier alpha value is -1.56. The molecule has 1 fully saturated rings. The first-order valence-electron chi connectivity index (χ1n) is 7.11. The van der Waals surface area contributed by atoms with Gasteiger partial charge in [-0.2, -0.15) is 0 Å². The summed E-state index contributed by atoms with van der Waals surface area (Å²) in [4.78, 5) is 12.2. The zero-order valence-electron chi connectivity index (χ0n) is 11.6. The molecule has 5 nitrogen and oxygen atoms in total. The van der Waals surface area contributed by atoms with Crippen molar-refractivity contribution in [1.82, 2.24) is 10.4 Å². The van der Waals surface area contributed by atoms with E-state index >= 15 is 0 Å². The van der Waals surface area contributed by atoms with Gasteiger partial charge in [-0.25, -0.2) is 5.01 Å². The lowest BCUT2D eigenvalue weighted by Gasteiger charge is -2.31. The van der Waals surface area contributed by atoms with E-state index in [1.807, 2.05) is 5.01 Å². The Kier molecular flexibility index (Phi) is 4.14. The Morgan fingerprint density at radius 3 is 2.86 bits per heavy atom. The number of furan rings is 1. The third-order valence-electron chi connectivity index (χ3n) is 3.91. The first-order valence-corrected chi connectivity index (χ1v) is 7.48. The zero-order valence-corrected chi connectivity index (χ0v) is 12.4. The van der Waals surface area contributed by atoms with Gasteiger partial charge in [-0.15, -0.1) is 0 Å². The van der Waals surface area contributed by atoms with Gasteiger partial charge in [-0.05, 0) is 49.6 Å². The minimum atomic E-state index is -0.228. The van der Waals surface area contributed by atoms with Crippen LogP contribution < -0.4 is 11.2 Å². The number of nitrogens with zero attached hydrogens (tertiary/aromatic N) is 1. The molecule has 0 unspecified atom stereocenters. The van der Waals surface area contributed by atoms with Crippen LogP contribution in [0.15, 0.2) is 28.7 Å². The van der Waals surface area contributed by atoms with Gasteiger partial charge in [-0.3, -0.25) is 10.2 Å². The maximum atomic E-state index is 12.2. The number of amides is 1. The number of hydrogen-bond donors (Lipinski definition) is 2. The van der Waals surface area contributed by atoms with E-state index in [9.17, 15) is 4.79 Å². The predicted molar refractivity (Wildman–Crippen MR) is 82.0 cm³/mol. The molecule has 1 aromatic heterocycles. The monoisotopic (exact) mass is 307 g/mol.